The SMILES string of the molecule is CC[C@@H](C)NC(=O)[C@H](C)N(Cc1ccc(Cl)cc1)C(=O)CN(c1cc(OC)ccc1OC)S(=O)(=O)c1ccc(OC)c(OC)c1. The number of amides is 2. The van der Waals surface area contributed by atoms with Gasteiger partial charge >= 0.3 is 0 Å². The molecule has 244 valence electrons. The maximum atomic E-state index is 14.4. The van der Waals surface area contributed by atoms with Gasteiger partial charge in [0.2, 0.25) is 11.8 Å². The van der Waals surface area contributed by atoms with Gasteiger partial charge in [0.1, 0.15) is 24.1 Å². The Labute approximate surface area is 270 Å². The maximum absolute atomic E-state index is 14.4. The molecule has 2 amide bonds. The third-order valence-electron chi connectivity index (χ3n) is 7.31. The average Bonchev–Trinajstić information content (AvgIpc) is 3.05. The van der Waals surface area contributed by atoms with Crippen molar-refractivity contribution >= 4 is 39.1 Å². The largest absolute Gasteiger partial charge is 0.497 e. The lowest BCUT2D eigenvalue weighted by Gasteiger charge is -2.33. The number of rotatable bonds is 15. The van der Waals surface area contributed by atoms with Crippen LogP contribution in [-0.2, 0) is 26.2 Å². The molecule has 0 aliphatic carbocycles. The van der Waals surface area contributed by atoms with Crippen LogP contribution in [0, 0.1) is 0 Å². The topological polar surface area (TPSA) is 124 Å². The zero-order chi connectivity index (χ0) is 33.3. The lowest BCUT2D eigenvalue weighted by Crippen LogP contribution is -2.52. The van der Waals surface area contributed by atoms with Crippen LogP contribution in [-0.4, -0.2) is 72.2 Å². The highest BCUT2D eigenvalue weighted by atomic mass is 35.5. The van der Waals surface area contributed by atoms with Crippen molar-refractivity contribution in [3.05, 3.63) is 71.2 Å². The van der Waals surface area contributed by atoms with E-state index >= 15 is 0 Å². The van der Waals surface area contributed by atoms with Gasteiger partial charge in [0, 0.05) is 29.7 Å². The molecule has 0 heterocycles. The highest BCUT2D eigenvalue weighted by Crippen LogP contribution is 2.37. The summed E-state index contributed by atoms with van der Waals surface area (Å²) in [6.45, 7) is 4.75. The number of hydrogen-bond acceptors (Lipinski definition) is 8. The lowest BCUT2D eigenvalue weighted by atomic mass is 10.1. The van der Waals surface area contributed by atoms with Gasteiger partial charge in [-0.2, -0.15) is 0 Å². The molecule has 0 aromatic heterocycles. The monoisotopic (exact) mass is 661 g/mol. The fraction of sp³-hybridized carbons (Fsp3) is 0.375. The van der Waals surface area contributed by atoms with Gasteiger partial charge in [0.15, 0.2) is 11.5 Å². The van der Waals surface area contributed by atoms with Gasteiger partial charge in [0.25, 0.3) is 10.0 Å². The molecule has 3 rings (SSSR count). The zero-order valence-electron chi connectivity index (χ0n) is 26.5. The normalized spacial score (nSPS) is 12.4. The Balaban J connectivity index is 2.16. The van der Waals surface area contributed by atoms with E-state index in [4.69, 9.17) is 30.5 Å². The van der Waals surface area contributed by atoms with Crippen LogP contribution in [0.3, 0.4) is 0 Å². The minimum Gasteiger partial charge on any atom is -0.497 e. The molecule has 0 fully saturated rings. The minimum atomic E-state index is -4.45. The summed E-state index contributed by atoms with van der Waals surface area (Å²) in [6.07, 6.45) is 0.691. The van der Waals surface area contributed by atoms with Crippen molar-refractivity contribution in [1.29, 1.82) is 0 Å². The predicted molar refractivity (Wildman–Crippen MR) is 173 cm³/mol. The van der Waals surface area contributed by atoms with Crippen LogP contribution < -0.4 is 28.6 Å². The van der Waals surface area contributed by atoms with E-state index in [-0.39, 0.29) is 40.6 Å². The zero-order valence-corrected chi connectivity index (χ0v) is 28.1. The van der Waals surface area contributed by atoms with Gasteiger partial charge in [-0.3, -0.25) is 13.9 Å². The summed E-state index contributed by atoms with van der Waals surface area (Å²) in [7, 11) is 1.21. The van der Waals surface area contributed by atoms with E-state index in [1.807, 2.05) is 13.8 Å². The van der Waals surface area contributed by atoms with E-state index in [0.717, 1.165) is 4.31 Å². The summed E-state index contributed by atoms with van der Waals surface area (Å²) in [5, 5.41) is 3.42. The Morgan fingerprint density at radius 1 is 0.844 bits per heavy atom. The molecule has 3 aromatic rings. The number of carbonyl (C=O) groups excluding carboxylic acids is 2. The molecule has 1 N–H and O–H groups in total. The molecule has 0 aliphatic heterocycles. The smallest absolute Gasteiger partial charge is 0.265 e. The lowest BCUT2D eigenvalue weighted by molar-refractivity contribution is -0.139. The van der Waals surface area contributed by atoms with E-state index < -0.39 is 28.5 Å². The molecule has 0 saturated heterocycles. The number of ether oxygens (including phenoxy) is 4. The number of nitrogens with zero attached hydrogens (tertiary/aromatic N) is 2. The third kappa shape index (κ3) is 8.52. The van der Waals surface area contributed by atoms with Crippen molar-refractivity contribution in [2.75, 3.05) is 39.3 Å². The van der Waals surface area contributed by atoms with Gasteiger partial charge in [0.05, 0.1) is 39.0 Å². The van der Waals surface area contributed by atoms with E-state index in [1.165, 1.54) is 57.6 Å². The van der Waals surface area contributed by atoms with E-state index in [9.17, 15) is 18.0 Å². The van der Waals surface area contributed by atoms with Gasteiger partial charge in [-0.05, 0) is 62.2 Å². The molecule has 11 nitrogen and oxygen atoms in total. The van der Waals surface area contributed by atoms with E-state index in [1.54, 1.807) is 43.3 Å². The number of benzene rings is 3. The molecule has 45 heavy (non-hydrogen) atoms. The number of sulfonamides is 1. The Hall–Kier alpha value is -4.16. The van der Waals surface area contributed by atoms with E-state index in [0.29, 0.717) is 28.5 Å². The highest BCUT2D eigenvalue weighted by molar-refractivity contribution is 7.92. The average molecular weight is 662 g/mol. The van der Waals surface area contributed by atoms with E-state index in [2.05, 4.69) is 5.32 Å². The number of nitrogens with one attached hydrogen (secondary N) is 1. The van der Waals surface area contributed by atoms with Gasteiger partial charge in [-0.15, -0.1) is 0 Å². The first-order valence-electron chi connectivity index (χ1n) is 14.2. The molecule has 0 spiro atoms. The Bertz CT molecular complexity index is 1580. The number of anilines is 1. The van der Waals surface area contributed by atoms with Gasteiger partial charge in [-0.1, -0.05) is 30.7 Å². The summed E-state index contributed by atoms with van der Waals surface area (Å²) in [5.74, 6) is 0.0191. The number of methoxy groups -OCH3 is 4. The standard InChI is InChI=1S/C32H40ClN3O8S/c1-8-21(2)34-32(38)22(3)35(19-23-9-11-24(33)12-10-23)31(37)20-36(27-17-25(41-4)13-15-28(27)42-5)45(39,40)26-14-16-29(43-6)30(18-26)44-7/h9-18,21-22H,8,19-20H2,1-7H3,(H,34,38)/t21-,22+/m1/s1. The van der Waals surface area contributed by atoms with Crippen LogP contribution in [0.15, 0.2) is 65.6 Å². The molecular formula is C32H40ClN3O8S. The third-order valence-corrected chi connectivity index (χ3v) is 9.32. The number of hydrogen-bond donors (Lipinski definition) is 1. The van der Waals surface area contributed by atoms with Crippen LogP contribution in [0.25, 0.3) is 0 Å². The first-order valence-corrected chi connectivity index (χ1v) is 16.0. The fourth-order valence-electron chi connectivity index (χ4n) is 4.44. The molecule has 3 aromatic carbocycles. The van der Waals surface area contributed by atoms with Crippen LogP contribution in [0.4, 0.5) is 5.69 Å². The minimum absolute atomic E-state index is 0.0184. The first kappa shape index (κ1) is 35.3. The van der Waals surface area contributed by atoms with Crippen LogP contribution in [0.5, 0.6) is 23.0 Å². The van der Waals surface area contributed by atoms with Crippen LogP contribution in [0.2, 0.25) is 5.02 Å². The van der Waals surface area contributed by atoms with Crippen molar-refractivity contribution in [2.45, 2.75) is 50.7 Å². The van der Waals surface area contributed by atoms with Crippen LogP contribution >= 0.6 is 11.6 Å². The fourth-order valence-corrected chi connectivity index (χ4v) is 6.00. The molecule has 0 bridgehead atoms. The molecule has 0 unspecified atom stereocenters. The second-order valence-electron chi connectivity index (χ2n) is 10.2. The van der Waals surface area contributed by atoms with Crippen molar-refractivity contribution in [3.63, 3.8) is 0 Å². The Morgan fingerprint density at radius 3 is 2.04 bits per heavy atom. The quantitative estimate of drug-likeness (QED) is 0.244. The highest BCUT2D eigenvalue weighted by Gasteiger charge is 2.35. The number of halogens is 1. The van der Waals surface area contributed by atoms with Crippen LogP contribution in [0.1, 0.15) is 32.8 Å². The van der Waals surface area contributed by atoms with Crippen molar-refractivity contribution in [3.8, 4) is 23.0 Å². The van der Waals surface area contributed by atoms with Gasteiger partial charge < -0.3 is 29.2 Å². The maximum Gasteiger partial charge on any atom is 0.265 e. The molecule has 13 heteroatoms. The summed E-state index contributed by atoms with van der Waals surface area (Å²) in [4.78, 5) is 28.7. The van der Waals surface area contributed by atoms with Crippen molar-refractivity contribution < 1.29 is 37.0 Å². The summed E-state index contributed by atoms with van der Waals surface area (Å²) in [5.41, 5.74) is 0.757. The molecule has 2 atom stereocenters. The van der Waals surface area contributed by atoms with Gasteiger partial charge in [-0.25, -0.2) is 8.42 Å². The second kappa shape index (κ2) is 15.7. The Kier molecular flexibility index (Phi) is 12.3. The second-order valence-corrected chi connectivity index (χ2v) is 12.5. The summed E-state index contributed by atoms with van der Waals surface area (Å²) < 4.78 is 51.2. The Morgan fingerprint density at radius 2 is 1.47 bits per heavy atom. The molecule has 0 radical (unpaired) electrons. The summed E-state index contributed by atoms with van der Waals surface area (Å²) in [6, 6.07) is 14.5. The molecule has 0 saturated carbocycles. The predicted octanol–water partition coefficient (Wildman–Crippen LogP) is 4.90. The molecule has 0 aliphatic rings. The molecular weight excluding hydrogens is 622 g/mol. The van der Waals surface area contributed by atoms with Crippen molar-refractivity contribution in [2.24, 2.45) is 0 Å². The summed E-state index contributed by atoms with van der Waals surface area (Å²) >= 11 is 6.08. The van der Waals surface area contributed by atoms with Crippen molar-refractivity contribution in [1.82, 2.24) is 10.2 Å². The first-order chi connectivity index (χ1) is 21.4. The number of carbonyl (C=O) groups is 2.